The SMILES string of the molecule is C[C@H](NC(=O)N(C)C[C@H]1CCOC1)c1cc(F)c(F)c(F)c1. The number of rotatable bonds is 4. The summed E-state index contributed by atoms with van der Waals surface area (Å²) in [5.74, 6) is -3.76. The molecule has 2 atom stereocenters. The van der Waals surface area contributed by atoms with Crippen LogP contribution in [0.25, 0.3) is 0 Å². The third-order valence-corrected chi connectivity index (χ3v) is 3.75. The second-order valence-electron chi connectivity index (χ2n) is 5.58. The lowest BCUT2D eigenvalue weighted by Crippen LogP contribution is -2.41. The van der Waals surface area contributed by atoms with Crippen LogP contribution in [0.3, 0.4) is 0 Å². The second kappa shape index (κ2) is 7.00. The van der Waals surface area contributed by atoms with Gasteiger partial charge in [-0.3, -0.25) is 0 Å². The zero-order chi connectivity index (χ0) is 16.3. The van der Waals surface area contributed by atoms with Crippen molar-refractivity contribution in [2.24, 2.45) is 5.92 Å². The predicted octanol–water partition coefficient (Wildman–Crippen LogP) is 2.84. The van der Waals surface area contributed by atoms with Crippen molar-refractivity contribution in [3.8, 4) is 0 Å². The van der Waals surface area contributed by atoms with E-state index in [1.54, 1.807) is 14.0 Å². The molecular formula is C15H19F3N2O2. The van der Waals surface area contributed by atoms with Crippen molar-refractivity contribution in [1.29, 1.82) is 0 Å². The Morgan fingerprint density at radius 3 is 2.59 bits per heavy atom. The van der Waals surface area contributed by atoms with Crippen molar-refractivity contribution in [3.63, 3.8) is 0 Å². The van der Waals surface area contributed by atoms with Crippen LogP contribution in [-0.2, 0) is 4.74 Å². The molecule has 0 aromatic heterocycles. The molecule has 1 aromatic rings. The minimum absolute atomic E-state index is 0.169. The van der Waals surface area contributed by atoms with Gasteiger partial charge >= 0.3 is 6.03 Å². The maximum atomic E-state index is 13.2. The average molecular weight is 316 g/mol. The van der Waals surface area contributed by atoms with Crippen LogP contribution in [0.5, 0.6) is 0 Å². The molecule has 7 heteroatoms. The van der Waals surface area contributed by atoms with Gasteiger partial charge in [-0.05, 0) is 31.0 Å². The molecule has 1 aliphatic heterocycles. The summed E-state index contributed by atoms with van der Waals surface area (Å²) in [6, 6.07) is 0.770. The summed E-state index contributed by atoms with van der Waals surface area (Å²) in [5.41, 5.74) is 0.169. The third kappa shape index (κ3) is 3.91. The van der Waals surface area contributed by atoms with Crippen LogP contribution in [0.1, 0.15) is 24.9 Å². The van der Waals surface area contributed by atoms with Gasteiger partial charge in [0.2, 0.25) is 0 Å². The highest BCUT2D eigenvalue weighted by atomic mass is 19.2. The Balaban J connectivity index is 1.95. The molecule has 1 aliphatic rings. The highest BCUT2D eigenvalue weighted by Gasteiger charge is 2.22. The number of hydrogen-bond donors (Lipinski definition) is 1. The fourth-order valence-corrected chi connectivity index (χ4v) is 2.40. The number of ether oxygens (including phenoxy) is 1. The van der Waals surface area contributed by atoms with E-state index in [1.165, 1.54) is 4.90 Å². The zero-order valence-electron chi connectivity index (χ0n) is 12.5. The van der Waals surface area contributed by atoms with Crippen LogP contribution in [-0.4, -0.2) is 37.7 Å². The molecule has 4 nitrogen and oxygen atoms in total. The molecule has 2 rings (SSSR count). The van der Waals surface area contributed by atoms with Crippen LogP contribution in [0.4, 0.5) is 18.0 Å². The minimum atomic E-state index is -1.51. The van der Waals surface area contributed by atoms with E-state index in [0.717, 1.165) is 18.6 Å². The van der Waals surface area contributed by atoms with Crippen LogP contribution >= 0.6 is 0 Å². The van der Waals surface area contributed by atoms with Crippen molar-refractivity contribution in [3.05, 3.63) is 35.1 Å². The molecule has 0 spiro atoms. The molecule has 22 heavy (non-hydrogen) atoms. The summed E-state index contributed by atoms with van der Waals surface area (Å²) in [6.45, 7) is 3.45. The van der Waals surface area contributed by atoms with Gasteiger partial charge in [0.1, 0.15) is 0 Å². The molecule has 1 saturated heterocycles. The summed E-state index contributed by atoms with van der Waals surface area (Å²) >= 11 is 0. The number of urea groups is 1. The van der Waals surface area contributed by atoms with E-state index < -0.39 is 23.5 Å². The van der Waals surface area contributed by atoms with Crippen molar-refractivity contribution in [2.75, 3.05) is 26.8 Å². The topological polar surface area (TPSA) is 41.6 Å². The maximum absolute atomic E-state index is 13.2. The Kier molecular flexibility index (Phi) is 5.28. The maximum Gasteiger partial charge on any atom is 0.317 e. The second-order valence-corrected chi connectivity index (χ2v) is 5.58. The van der Waals surface area contributed by atoms with Gasteiger partial charge in [-0.25, -0.2) is 18.0 Å². The smallest absolute Gasteiger partial charge is 0.317 e. The molecule has 1 fully saturated rings. The summed E-state index contributed by atoms with van der Waals surface area (Å²) in [6.07, 6.45) is 0.904. The fraction of sp³-hybridized carbons (Fsp3) is 0.533. The number of benzene rings is 1. The summed E-state index contributed by atoms with van der Waals surface area (Å²) in [7, 11) is 1.65. The van der Waals surface area contributed by atoms with Crippen molar-refractivity contribution in [2.45, 2.75) is 19.4 Å². The molecule has 0 aliphatic carbocycles. The summed E-state index contributed by atoms with van der Waals surface area (Å²) < 4.78 is 44.6. The van der Waals surface area contributed by atoms with Gasteiger partial charge < -0.3 is 15.0 Å². The van der Waals surface area contributed by atoms with Gasteiger partial charge in [0, 0.05) is 26.1 Å². The van der Waals surface area contributed by atoms with E-state index >= 15 is 0 Å². The Morgan fingerprint density at radius 2 is 2.05 bits per heavy atom. The van der Waals surface area contributed by atoms with Crippen molar-refractivity contribution >= 4 is 6.03 Å². The highest BCUT2D eigenvalue weighted by molar-refractivity contribution is 5.74. The zero-order valence-corrected chi connectivity index (χ0v) is 12.5. The average Bonchev–Trinajstić information content (AvgIpc) is 2.96. The van der Waals surface area contributed by atoms with E-state index in [0.29, 0.717) is 25.7 Å². The van der Waals surface area contributed by atoms with Crippen molar-refractivity contribution < 1.29 is 22.7 Å². The molecule has 0 saturated carbocycles. The van der Waals surface area contributed by atoms with Crippen LogP contribution in [0, 0.1) is 23.4 Å². The van der Waals surface area contributed by atoms with E-state index in [1.807, 2.05) is 0 Å². The molecule has 0 unspecified atom stereocenters. The van der Waals surface area contributed by atoms with Gasteiger partial charge in [-0.1, -0.05) is 0 Å². The highest BCUT2D eigenvalue weighted by Crippen LogP contribution is 2.19. The van der Waals surface area contributed by atoms with Crippen LogP contribution < -0.4 is 5.32 Å². The first-order chi connectivity index (χ1) is 10.4. The largest absolute Gasteiger partial charge is 0.381 e. The summed E-state index contributed by atoms with van der Waals surface area (Å²) in [5, 5.41) is 2.63. The van der Waals surface area contributed by atoms with E-state index in [2.05, 4.69) is 5.32 Å². The minimum Gasteiger partial charge on any atom is -0.381 e. The first kappa shape index (κ1) is 16.6. The molecule has 1 N–H and O–H groups in total. The van der Waals surface area contributed by atoms with Gasteiger partial charge in [0.25, 0.3) is 0 Å². The van der Waals surface area contributed by atoms with Gasteiger partial charge in [-0.2, -0.15) is 0 Å². The van der Waals surface area contributed by atoms with E-state index in [9.17, 15) is 18.0 Å². The number of nitrogens with zero attached hydrogens (tertiary/aromatic N) is 1. The number of nitrogens with one attached hydrogen (secondary N) is 1. The first-order valence-electron chi connectivity index (χ1n) is 7.12. The predicted molar refractivity (Wildman–Crippen MR) is 74.8 cm³/mol. The number of hydrogen-bond acceptors (Lipinski definition) is 2. The van der Waals surface area contributed by atoms with E-state index in [-0.39, 0.29) is 11.6 Å². The van der Waals surface area contributed by atoms with Gasteiger partial charge in [0.05, 0.1) is 12.6 Å². The molecule has 122 valence electrons. The number of carbonyl (C=O) groups excluding carboxylic acids is 1. The molecule has 1 heterocycles. The lowest BCUT2D eigenvalue weighted by molar-refractivity contribution is 0.170. The monoisotopic (exact) mass is 316 g/mol. The van der Waals surface area contributed by atoms with Crippen molar-refractivity contribution in [1.82, 2.24) is 10.2 Å². The Hall–Kier alpha value is -1.76. The molecular weight excluding hydrogens is 297 g/mol. The third-order valence-electron chi connectivity index (χ3n) is 3.75. The fourth-order valence-electron chi connectivity index (χ4n) is 2.40. The van der Waals surface area contributed by atoms with E-state index in [4.69, 9.17) is 4.74 Å². The van der Waals surface area contributed by atoms with Gasteiger partial charge in [-0.15, -0.1) is 0 Å². The van der Waals surface area contributed by atoms with Crippen LogP contribution in [0.2, 0.25) is 0 Å². The quantitative estimate of drug-likeness (QED) is 0.868. The lowest BCUT2D eigenvalue weighted by atomic mass is 10.1. The normalized spacial score (nSPS) is 19.0. The van der Waals surface area contributed by atoms with Gasteiger partial charge in [0.15, 0.2) is 17.5 Å². The number of halogens is 3. The molecule has 1 aromatic carbocycles. The lowest BCUT2D eigenvalue weighted by Gasteiger charge is -2.23. The molecule has 0 radical (unpaired) electrons. The molecule has 0 bridgehead atoms. The molecule has 2 amide bonds. The number of carbonyl (C=O) groups is 1. The van der Waals surface area contributed by atoms with Crippen LogP contribution in [0.15, 0.2) is 12.1 Å². The Bertz CT molecular complexity index is 525. The Morgan fingerprint density at radius 1 is 1.41 bits per heavy atom. The Labute approximate surface area is 127 Å². The first-order valence-corrected chi connectivity index (χ1v) is 7.12. The standard InChI is InChI=1S/C15H19F3N2O2/c1-9(11-5-12(16)14(18)13(17)6-11)19-15(21)20(2)7-10-3-4-22-8-10/h5-6,9-10H,3-4,7-8H2,1-2H3,(H,19,21)/t9-,10+/m0/s1. The number of amides is 2. The summed E-state index contributed by atoms with van der Waals surface area (Å²) in [4.78, 5) is 13.6.